The first-order chi connectivity index (χ1) is 8.47. The van der Waals surface area contributed by atoms with Crippen molar-refractivity contribution in [2.45, 2.75) is 18.9 Å². The molecule has 1 aromatic heterocycles. The summed E-state index contributed by atoms with van der Waals surface area (Å²) in [6.45, 7) is 0. The third kappa shape index (κ3) is 2.55. The molecule has 18 heavy (non-hydrogen) atoms. The number of carboxylic acid groups (broad SMARTS) is 1. The number of hydrogen-bond acceptors (Lipinski definition) is 4. The normalized spacial score (nSPS) is 12.8. The lowest BCUT2D eigenvalue weighted by molar-refractivity contribution is -0.138. The van der Waals surface area contributed by atoms with E-state index in [9.17, 15) is 9.59 Å². The van der Waals surface area contributed by atoms with Gasteiger partial charge in [0.05, 0.1) is 5.52 Å². The van der Waals surface area contributed by atoms with Crippen LogP contribution in [0.1, 0.15) is 12.0 Å². The van der Waals surface area contributed by atoms with E-state index in [1.807, 2.05) is 0 Å². The summed E-state index contributed by atoms with van der Waals surface area (Å²) >= 11 is 6.02. The second-order valence-electron chi connectivity index (χ2n) is 3.94. The molecular weight excluding hydrogens is 260 g/mol. The van der Waals surface area contributed by atoms with Crippen LogP contribution in [0.4, 0.5) is 0 Å². The highest BCUT2D eigenvalue weighted by atomic mass is 35.5. The molecule has 0 bridgehead atoms. The predicted molar refractivity (Wildman–Crippen MR) is 65.8 cm³/mol. The highest BCUT2D eigenvalue weighted by molar-refractivity contribution is 6.32. The molecule has 2 aromatic rings. The fourth-order valence-electron chi connectivity index (χ4n) is 1.64. The number of H-pyrrole nitrogens is 1. The zero-order valence-electron chi connectivity index (χ0n) is 9.27. The van der Waals surface area contributed by atoms with Gasteiger partial charge in [-0.3, -0.25) is 9.78 Å². The van der Waals surface area contributed by atoms with E-state index >= 15 is 0 Å². The molecule has 1 heterocycles. The smallest absolute Gasteiger partial charge is 0.417 e. The van der Waals surface area contributed by atoms with E-state index in [0.29, 0.717) is 28.1 Å². The van der Waals surface area contributed by atoms with Crippen molar-refractivity contribution in [2.75, 3.05) is 0 Å². The van der Waals surface area contributed by atoms with Crippen LogP contribution >= 0.6 is 11.6 Å². The molecule has 4 N–H and O–H groups in total. The van der Waals surface area contributed by atoms with E-state index in [2.05, 4.69) is 4.98 Å². The summed E-state index contributed by atoms with van der Waals surface area (Å²) in [5.74, 6) is -1.61. The Morgan fingerprint density at radius 1 is 1.56 bits per heavy atom. The van der Waals surface area contributed by atoms with Crippen LogP contribution in [-0.2, 0) is 11.2 Å². The Kier molecular flexibility index (Phi) is 3.40. The number of aryl methyl sites for hydroxylation is 1. The maximum atomic E-state index is 11.0. The van der Waals surface area contributed by atoms with E-state index in [0.717, 1.165) is 0 Å². The van der Waals surface area contributed by atoms with Crippen LogP contribution in [-0.4, -0.2) is 22.1 Å². The molecule has 0 unspecified atom stereocenters. The summed E-state index contributed by atoms with van der Waals surface area (Å²) in [7, 11) is 0. The van der Waals surface area contributed by atoms with Gasteiger partial charge in [0, 0.05) is 5.02 Å². The number of carboxylic acids is 1. The van der Waals surface area contributed by atoms with Gasteiger partial charge in [0.2, 0.25) is 0 Å². The fourth-order valence-corrected chi connectivity index (χ4v) is 1.90. The minimum absolute atomic E-state index is 0.259. The lowest BCUT2D eigenvalue weighted by Crippen LogP contribution is -2.30. The molecule has 0 radical (unpaired) electrons. The van der Waals surface area contributed by atoms with Gasteiger partial charge in [-0.2, -0.15) is 0 Å². The standard InChI is InChI=1S/C11H11ClN2O4/c12-6-4-8-9(18-11(17)14-8)3-5(6)1-2-7(13)10(15)16/h3-4,7H,1-2,13H2,(H,14,17)(H,15,16)/t7-/m1/s1. The van der Waals surface area contributed by atoms with Crippen LogP contribution in [0.3, 0.4) is 0 Å². The number of oxazole rings is 1. The molecule has 0 amide bonds. The third-order valence-corrected chi connectivity index (χ3v) is 2.98. The lowest BCUT2D eigenvalue weighted by Gasteiger charge is -2.07. The Hall–Kier alpha value is -1.79. The summed E-state index contributed by atoms with van der Waals surface area (Å²) in [4.78, 5) is 24.1. The first kappa shape index (κ1) is 12.7. The Morgan fingerprint density at radius 3 is 2.94 bits per heavy atom. The topological polar surface area (TPSA) is 109 Å². The number of rotatable bonds is 4. The average molecular weight is 271 g/mol. The van der Waals surface area contributed by atoms with Crippen LogP contribution in [0, 0.1) is 0 Å². The van der Waals surface area contributed by atoms with Crippen LogP contribution in [0.15, 0.2) is 21.3 Å². The van der Waals surface area contributed by atoms with Gasteiger partial charge in [0.15, 0.2) is 5.58 Å². The van der Waals surface area contributed by atoms with Gasteiger partial charge in [-0.1, -0.05) is 11.6 Å². The number of aromatic amines is 1. The van der Waals surface area contributed by atoms with Crippen molar-refractivity contribution < 1.29 is 14.3 Å². The van der Waals surface area contributed by atoms with Crippen molar-refractivity contribution in [3.05, 3.63) is 33.3 Å². The second kappa shape index (κ2) is 4.83. The van der Waals surface area contributed by atoms with Crippen molar-refractivity contribution in [1.29, 1.82) is 0 Å². The minimum atomic E-state index is -1.06. The second-order valence-corrected chi connectivity index (χ2v) is 4.34. The molecule has 1 atom stereocenters. The minimum Gasteiger partial charge on any atom is -0.480 e. The highest BCUT2D eigenvalue weighted by Gasteiger charge is 2.13. The molecule has 1 aromatic carbocycles. The number of aliphatic carboxylic acids is 1. The van der Waals surface area contributed by atoms with Crippen molar-refractivity contribution >= 4 is 28.7 Å². The quantitative estimate of drug-likeness (QED) is 0.771. The lowest BCUT2D eigenvalue weighted by atomic mass is 10.1. The number of benzene rings is 1. The Morgan fingerprint density at radius 2 is 2.28 bits per heavy atom. The van der Waals surface area contributed by atoms with E-state index < -0.39 is 17.8 Å². The molecule has 0 aliphatic carbocycles. The third-order valence-electron chi connectivity index (χ3n) is 2.63. The first-order valence-corrected chi connectivity index (χ1v) is 5.65. The fraction of sp³-hybridized carbons (Fsp3) is 0.273. The summed E-state index contributed by atoms with van der Waals surface area (Å²) in [5, 5.41) is 9.12. The van der Waals surface area contributed by atoms with E-state index in [4.69, 9.17) is 26.9 Å². The van der Waals surface area contributed by atoms with Gasteiger partial charge in [0.25, 0.3) is 0 Å². The predicted octanol–water partition coefficient (Wildman–Crippen LogP) is 1.12. The molecule has 0 spiro atoms. The molecule has 0 fully saturated rings. The summed E-state index contributed by atoms with van der Waals surface area (Å²) < 4.78 is 4.90. The van der Waals surface area contributed by atoms with Crippen molar-refractivity contribution in [2.24, 2.45) is 5.73 Å². The Bertz CT molecular complexity index is 646. The maximum Gasteiger partial charge on any atom is 0.417 e. The van der Waals surface area contributed by atoms with Gasteiger partial charge < -0.3 is 15.3 Å². The Balaban J connectivity index is 2.25. The number of halogens is 1. The van der Waals surface area contributed by atoms with Crippen LogP contribution in [0.25, 0.3) is 11.1 Å². The van der Waals surface area contributed by atoms with Gasteiger partial charge in [-0.15, -0.1) is 0 Å². The molecule has 0 saturated heterocycles. The average Bonchev–Trinajstić information content (AvgIpc) is 2.64. The number of nitrogens with two attached hydrogens (primary N) is 1. The van der Waals surface area contributed by atoms with Gasteiger partial charge >= 0.3 is 11.7 Å². The number of nitrogens with one attached hydrogen (secondary N) is 1. The van der Waals surface area contributed by atoms with Crippen LogP contribution in [0.2, 0.25) is 5.02 Å². The summed E-state index contributed by atoms with van der Waals surface area (Å²) in [5.41, 5.74) is 7.01. The molecule has 96 valence electrons. The number of carbonyl (C=O) groups is 1. The molecular formula is C11H11ClN2O4. The number of hydrogen-bond donors (Lipinski definition) is 3. The van der Waals surface area contributed by atoms with Crippen molar-refractivity contribution in [3.8, 4) is 0 Å². The zero-order valence-corrected chi connectivity index (χ0v) is 10.0. The van der Waals surface area contributed by atoms with Gasteiger partial charge in [-0.05, 0) is 30.5 Å². The number of aromatic nitrogens is 1. The van der Waals surface area contributed by atoms with Gasteiger partial charge in [0.1, 0.15) is 6.04 Å². The molecule has 0 aliphatic rings. The van der Waals surface area contributed by atoms with E-state index in [1.54, 1.807) is 12.1 Å². The Labute approximate surface area is 106 Å². The molecule has 6 nitrogen and oxygen atoms in total. The monoisotopic (exact) mass is 270 g/mol. The van der Waals surface area contributed by atoms with E-state index in [1.165, 1.54) is 0 Å². The van der Waals surface area contributed by atoms with Gasteiger partial charge in [-0.25, -0.2) is 4.79 Å². The molecule has 0 aliphatic heterocycles. The van der Waals surface area contributed by atoms with Crippen molar-refractivity contribution in [1.82, 2.24) is 4.98 Å². The molecule has 2 rings (SSSR count). The largest absolute Gasteiger partial charge is 0.480 e. The number of fused-ring (bicyclic) bond motifs is 1. The summed E-state index contributed by atoms with van der Waals surface area (Å²) in [6.07, 6.45) is 0.659. The molecule has 7 heteroatoms. The first-order valence-electron chi connectivity index (χ1n) is 5.27. The SMILES string of the molecule is N[C@H](CCc1cc2oc(=O)[nH]c2cc1Cl)C(=O)O. The summed E-state index contributed by atoms with van der Waals surface area (Å²) in [6, 6.07) is 2.25. The molecule has 0 saturated carbocycles. The zero-order chi connectivity index (χ0) is 13.3. The highest BCUT2D eigenvalue weighted by Crippen LogP contribution is 2.23. The van der Waals surface area contributed by atoms with Crippen molar-refractivity contribution in [3.63, 3.8) is 0 Å². The van der Waals surface area contributed by atoms with E-state index in [-0.39, 0.29) is 6.42 Å². The van der Waals surface area contributed by atoms with Crippen LogP contribution in [0.5, 0.6) is 0 Å². The van der Waals surface area contributed by atoms with Crippen LogP contribution < -0.4 is 11.5 Å². The maximum absolute atomic E-state index is 11.0.